The second-order valence-electron chi connectivity index (χ2n) is 3.94. The molecule has 1 aromatic carbocycles. The Labute approximate surface area is 115 Å². The molecule has 0 fully saturated rings. The van der Waals surface area contributed by atoms with Gasteiger partial charge in [0.2, 0.25) is 5.95 Å². The van der Waals surface area contributed by atoms with Gasteiger partial charge in [-0.1, -0.05) is 30.3 Å². The number of anilines is 1. The lowest BCUT2D eigenvalue weighted by atomic mass is 10.2. The molecule has 5 heteroatoms. The van der Waals surface area contributed by atoms with Crippen LogP contribution in [0, 0.1) is 0 Å². The van der Waals surface area contributed by atoms with E-state index in [9.17, 15) is 0 Å². The van der Waals surface area contributed by atoms with E-state index in [0.717, 1.165) is 16.3 Å². The number of hydrogen-bond donors (Lipinski definition) is 1. The topological polar surface area (TPSA) is 50.7 Å². The predicted molar refractivity (Wildman–Crippen MR) is 76.9 cm³/mol. The molecule has 0 saturated carbocycles. The van der Waals surface area contributed by atoms with E-state index >= 15 is 0 Å². The van der Waals surface area contributed by atoms with Crippen molar-refractivity contribution in [3.8, 4) is 10.6 Å². The van der Waals surface area contributed by atoms with Gasteiger partial charge in [0, 0.05) is 23.3 Å². The molecule has 94 valence electrons. The van der Waals surface area contributed by atoms with Crippen LogP contribution in [-0.2, 0) is 6.54 Å². The smallest absolute Gasteiger partial charge is 0.222 e. The molecule has 2 aromatic heterocycles. The number of aromatic nitrogens is 3. The summed E-state index contributed by atoms with van der Waals surface area (Å²) in [5, 5.41) is 6.24. The molecule has 3 aromatic rings. The first-order valence-corrected chi connectivity index (χ1v) is 6.80. The van der Waals surface area contributed by atoms with Gasteiger partial charge in [-0.15, -0.1) is 11.3 Å². The van der Waals surface area contributed by atoms with E-state index in [1.54, 1.807) is 29.8 Å². The largest absolute Gasteiger partial charge is 0.349 e. The minimum atomic E-state index is 0.622. The number of nitrogens with zero attached hydrogens (tertiary/aromatic N) is 3. The molecular weight excluding hydrogens is 256 g/mol. The lowest BCUT2D eigenvalue weighted by molar-refractivity contribution is 1.02. The van der Waals surface area contributed by atoms with Crippen molar-refractivity contribution >= 4 is 17.3 Å². The van der Waals surface area contributed by atoms with Gasteiger partial charge in [-0.25, -0.2) is 15.0 Å². The molecule has 0 amide bonds. The first kappa shape index (κ1) is 11.8. The van der Waals surface area contributed by atoms with Crippen molar-refractivity contribution in [1.29, 1.82) is 0 Å². The number of benzene rings is 1. The molecule has 0 aliphatic carbocycles. The van der Waals surface area contributed by atoms with Crippen molar-refractivity contribution in [1.82, 2.24) is 15.0 Å². The van der Waals surface area contributed by atoms with Crippen LogP contribution in [0.3, 0.4) is 0 Å². The van der Waals surface area contributed by atoms with E-state index in [1.807, 2.05) is 18.2 Å². The van der Waals surface area contributed by atoms with Gasteiger partial charge in [-0.3, -0.25) is 0 Å². The standard InChI is InChI=1S/C14H12N4S/c1-2-5-11(6-3-1)13-18-12(10-19-13)9-17-14-15-7-4-8-16-14/h1-8,10H,9H2,(H,15,16,17). The van der Waals surface area contributed by atoms with Gasteiger partial charge >= 0.3 is 0 Å². The van der Waals surface area contributed by atoms with Crippen LogP contribution in [0.25, 0.3) is 10.6 Å². The summed E-state index contributed by atoms with van der Waals surface area (Å²) < 4.78 is 0. The van der Waals surface area contributed by atoms with Crippen LogP contribution in [0.4, 0.5) is 5.95 Å². The van der Waals surface area contributed by atoms with Gasteiger partial charge in [-0.2, -0.15) is 0 Å². The summed E-state index contributed by atoms with van der Waals surface area (Å²) in [7, 11) is 0. The Kier molecular flexibility index (Phi) is 3.47. The van der Waals surface area contributed by atoms with Crippen LogP contribution in [0.5, 0.6) is 0 Å². The third kappa shape index (κ3) is 2.95. The molecule has 0 saturated heterocycles. The lowest BCUT2D eigenvalue weighted by Gasteiger charge is -2.00. The fourth-order valence-corrected chi connectivity index (χ4v) is 2.49. The number of hydrogen-bond acceptors (Lipinski definition) is 5. The summed E-state index contributed by atoms with van der Waals surface area (Å²) in [6, 6.07) is 12.0. The summed E-state index contributed by atoms with van der Waals surface area (Å²) in [5.74, 6) is 0.622. The summed E-state index contributed by atoms with van der Waals surface area (Å²) >= 11 is 1.65. The van der Waals surface area contributed by atoms with E-state index in [1.165, 1.54) is 0 Å². The van der Waals surface area contributed by atoms with Crippen LogP contribution in [0.15, 0.2) is 54.2 Å². The number of rotatable bonds is 4. The highest BCUT2D eigenvalue weighted by atomic mass is 32.1. The van der Waals surface area contributed by atoms with Gasteiger partial charge < -0.3 is 5.32 Å². The third-order valence-corrected chi connectivity index (χ3v) is 3.51. The fourth-order valence-electron chi connectivity index (χ4n) is 1.66. The van der Waals surface area contributed by atoms with Crippen molar-refractivity contribution in [2.45, 2.75) is 6.54 Å². The maximum absolute atomic E-state index is 4.60. The summed E-state index contributed by atoms with van der Waals surface area (Å²) in [4.78, 5) is 12.8. The highest BCUT2D eigenvalue weighted by Crippen LogP contribution is 2.23. The second kappa shape index (κ2) is 5.58. The quantitative estimate of drug-likeness (QED) is 0.789. The molecule has 0 unspecified atom stereocenters. The van der Waals surface area contributed by atoms with Crippen LogP contribution < -0.4 is 5.32 Å². The summed E-state index contributed by atoms with van der Waals surface area (Å²) in [5.41, 5.74) is 2.14. The van der Waals surface area contributed by atoms with E-state index < -0.39 is 0 Å². The lowest BCUT2D eigenvalue weighted by Crippen LogP contribution is -2.02. The van der Waals surface area contributed by atoms with Crippen molar-refractivity contribution in [3.05, 3.63) is 59.9 Å². The van der Waals surface area contributed by atoms with Crippen LogP contribution >= 0.6 is 11.3 Å². The number of nitrogens with one attached hydrogen (secondary N) is 1. The number of thiazole rings is 1. The monoisotopic (exact) mass is 268 g/mol. The zero-order chi connectivity index (χ0) is 12.9. The Morgan fingerprint density at radius 3 is 2.58 bits per heavy atom. The predicted octanol–water partition coefficient (Wildman–Crippen LogP) is 3.21. The van der Waals surface area contributed by atoms with E-state index in [4.69, 9.17) is 0 Å². The molecule has 0 aliphatic rings. The van der Waals surface area contributed by atoms with Crippen LogP contribution in [0.1, 0.15) is 5.69 Å². The first-order chi connectivity index (χ1) is 9.42. The molecule has 1 N–H and O–H groups in total. The van der Waals surface area contributed by atoms with E-state index in [0.29, 0.717) is 12.5 Å². The molecule has 0 aliphatic heterocycles. The third-order valence-electron chi connectivity index (χ3n) is 2.57. The molecule has 0 bridgehead atoms. The maximum atomic E-state index is 4.60. The van der Waals surface area contributed by atoms with Gasteiger partial charge in [0.25, 0.3) is 0 Å². The molecule has 0 spiro atoms. The van der Waals surface area contributed by atoms with Crippen molar-refractivity contribution in [3.63, 3.8) is 0 Å². The average molecular weight is 268 g/mol. The van der Waals surface area contributed by atoms with Gasteiger partial charge in [0.05, 0.1) is 12.2 Å². The van der Waals surface area contributed by atoms with Gasteiger partial charge in [0.15, 0.2) is 0 Å². The SMILES string of the molecule is c1ccc(-c2nc(CNc3ncccn3)cs2)cc1. The fraction of sp³-hybridized carbons (Fsp3) is 0.0714. The highest BCUT2D eigenvalue weighted by Gasteiger charge is 2.04. The summed E-state index contributed by atoms with van der Waals surface area (Å²) in [6.45, 7) is 0.632. The van der Waals surface area contributed by atoms with Gasteiger partial charge in [-0.05, 0) is 6.07 Å². The average Bonchev–Trinajstić information content (AvgIpc) is 2.96. The highest BCUT2D eigenvalue weighted by molar-refractivity contribution is 7.13. The molecule has 4 nitrogen and oxygen atoms in total. The minimum Gasteiger partial charge on any atom is -0.349 e. The van der Waals surface area contributed by atoms with E-state index in [-0.39, 0.29) is 0 Å². The van der Waals surface area contributed by atoms with Crippen molar-refractivity contribution in [2.75, 3.05) is 5.32 Å². The molecule has 19 heavy (non-hydrogen) atoms. The Hall–Kier alpha value is -2.27. The summed E-state index contributed by atoms with van der Waals surface area (Å²) in [6.07, 6.45) is 3.43. The maximum Gasteiger partial charge on any atom is 0.222 e. The first-order valence-electron chi connectivity index (χ1n) is 5.92. The zero-order valence-corrected chi connectivity index (χ0v) is 11.0. The van der Waals surface area contributed by atoms with Crippen molar-refractivity contribution < 1.29 is 0 Å². The molecular formula is C14H12N4S. The minimum absolute atomic E-state index is 0.622. The molecule has 2 heterocycles. The zero-order valence-electron chi connectivity index (χ0n) is 10.2. The van der Waals surface area contributed by atoms with Gasteiger partial charge in [0.1, 0.15) is 5.01 Å². The molecule has 0 radical (unpaired) electrons. The molecule has 3 rings (SSSR count). The van der Waals surface area contributed by atoms with Crippen LogP contribution in [0.2, 0.25) is 0 Å². The second-order valence-corrected chi connectivity index (χ2v) is 4.79. The normalized spacial score (nSPS) is 10.3. The Morgan fingerprint density at radius 2 is 1.79 bits per heavy atom. The van der Waals surface area contributed by atoms with E-state index in [2.05, 4.69) is 37.8 Å². The Morgan fingerprint density at radius 1 is 1.00 bits per heavy atom. The Bertz CT molecular complexity index is 637. The van der Waals surface area contributed by atoms with Crippen molar-refractivity contribution in [2.24, 2.45) is 0 Å². The molecule has 0 atom stereocenters. The van der Waals surface area contributed by atoms with Crippen LogP contribution in [-0.4, -0.2) is 15.0 Å². The Balaban J connectivity index is 1.69.